The highest BCUT2D eigenvalue weighted by atomic mass is 16.4. The van der Waals surface area contributed by atoms with Crippen molar-refractivity contribution in [3.63, 3.8) is 0 Å². The zero-order valence-corrected chi connectivity index (χ0v) is 10.2. The van der Waals surface area contributed by atoms with Gasteiger partial charge >= 0.3 is 12.0 Å². The molecular formula is C12H20N2O3. The smallest absolute Gasteiger partial charge is 0.317 e. The average Bonchev–Trinajstić information content (AvgIpc) is 2.86. The zero-order valence-electron chi connectivity index (χ0n) is 10.2. The third-order valence-electron chi connectivity index (χ3n) is 3.82. The first kappa shape index (κ1) is 12.2. The van der Waals surface area contributed by atoms with Crippen LogP contribution in [0.15, 0.2) is 0 Å². The number of carboxylic acid groups (broad SMARTS) is 1. The van der Waals surface area contributed by atoms with Crippen LogP contribution in [0, 0.1) is 11.8 Å². The standard InChI is InChI=1S/C12H20N2O3/c1-8-4-5-14(7-8)12(17)13-10-3-2-9(6-10)11(15)16/h8-10H,2-7H2,1H3,(H,13,17)(H,15,16). The quantitative estimate of drug-likeness (QED) is 0.764. The molecule has 96 valence electrons. The molecule has 2 fully saturated rings. The molecule has 1 saturated carbocycles. The third kappa shape index (κ3) is 2.90. The van der Waals surface area contributed by atoms with Crippen LogP contribution >= 0.6 is 0 Å². The number of amides is 2. The first-order chi connectivity index (χ1) is 8.06. The summed E-state index contributed by atoms with van der Waals surface area (Å²) in [7, 11) is 0. The van der Waals surface area contributed by atoms with E-state index in [2.05, 4.69) is 12.2 Å². The summed E-state index contributed by atoms with van der Waals surface area (Å²) in [5.74, 6) is -0.439. The number of hydrogen-bond donors (Lipinski definition) is 2. The maximum atomic E-state index is 11.9. The molecule has 3 unspecified atom stereocenters. The summed E-state index contributed by atoms with van der Waals surface area (Å²) in [5, 5.41) is 11.8. The van der Waals surface area contributed by atoms with E-state index in [1.54, 1.807) is 0 Å². The Bertz CT molecular complexity index is 319. The molecule has 1 aliphatic heterocycles. The van der Waals surface area contributed by atoms with Crippen LogP contribution in [0.5, 0.6) is 0 Å². The summed E-state index contributed by atoms with van der Waals surface area (Å²) >= 11 is 0. The van der Waals surface area contributed by atoms with Crippen molar-refractivity contribution in [2.45, 2.75) is 38.6 Å². The molecule has 2 amide bonds. The lowest BCUT2D eigenvalue weighted by Crippen LogP contribution is -2.43. The van der Waals surface area contributed by atoms with Crippen molar-refractivity contribution in [2.75, 3.05) is 13.1 Å². The molecule has 5 heteroatoms. The lowest BCUT2D eigenvalue weighted by atomic mass is 10.1. The molecule has 5 nitrogen and oxygen atoms in total. The molecule has 17 heavy (non-hydrogen) atoms. The minimum absolute atomic E-state index is 0.0228. The van der Waals surface area contributed by atoms with Gasteiger partial charge in [-0.3, -0.25) is 4.79 Å². The Hall–Kier alpha value is -1.26. The summed E-state index contributed by atoms with van der Waals surface area (Å²) < 4.78 is 0. The topological polar surface area (TPSA) is 69.6 Å². The molecule has 0 aromatic heterocycles. The Morgan fingerprint density at radius 2 is 2.06 bits per heavy atom. The normalized spacial score (nSPS) is 32.8. The molecule has 1 heterocycles. The minimum atomic E-state index is -0.739. The molecule has 2 aliphatic rings. The molecule has 0 aromatic rings. The molecule has 2 N–H and O–H groups in total. The maximum absolute atomic E-state index is 11.9. The third-order valence-corrected chi connectivity index (χ3v) is 3.82. The molecule has 2 rings (SSSR count). The second kappa shape index (κ2) is 4.94. The van der Waals surface area contributed by atoms with Gasteiger partial charge < -0.3 is 15.3 Å². The number of rotatable bonds is 2. The summed E-state index contributed by atoms with van der Waals surface area (Å²) in [4.78, 5) is 24.5. The highest BCUT2D eigenvalue weighted by Crippen LogP contribution is 2.26. The number of urea groups is 1. The van der Waals surface area contributed by atoms with Gasteiger partial charge in [0.25, 0.3) is 0 Å². The SMILES string of the molecule is CC1CCN(C(=O)NC2CCC(C(=O)O)C2)C1. The first-order valence-electron chi connectivity index (χ1n) is 6.34. The number of carbonyl (C=O) groups is 2. The fraction of sp³-hybridized carbons (Fsp3) is 0.833. The Morgan fingerprint density at radius 3 is 2.59 bits per heavy atom. The van der Waals surface area contributed by atoms with E-state index in [0.29, 0.717) is 18.8 Å². The minimum Gasteiger partial charge on any atom is -0.481 e. The highest BCUT2D eigenvalue weighted by molar-refractivity contribution is 5.75. The Kier molecular flexibility index (Phi) is 3.54. The number of nitrogens with one attached hydrogen (secondary N) is 1. The van der Waals surface area contributed by atoms with Crippen molar-refractivity contribution >= 4 is 12.0 Å². The predicted octanol–water partition coefficient (Wildman–Crippen LogP) is 1.29. The van der Waals surface area contributed by atoms with Crippen LogP contribution in [0.1, 0.15) is 32.6 Å². The number of carbonyl (C=O) groups excluding carboxylic acids is 1. The fourth-order valence-corrected chi connectivity index (χ4v) is 2.72. The Balaban J connectivity index is 1.78. The van der Waals surface area contributed by atoms with Gasteiger partial charge in [-0.2, -0.15) is 0 Å². The van der Waals surface area contributed by atoms with E-state index in [9.17, 15) is 9.59 Å². The van der Waals surface area contributed by atoms with Crippen molar-refractivity contribution in [1.29, 1.82) is 0 Å². The van der Waals surface area contributed by atoms with Crippen LogP contribution < -0.4 is 5.32 Å². The van der Waals surface area contributed by atoms with Gasteiger partial charge in [-0.1, -0.05) is 6.92 Å². The Labute approximate surface area is 101 Å². The summed E-state index contributed by atoms with van der Waals surface area (Å²) in [6, 6.07) is 0.0184. The number of aliphatic carboxylic acids is 1. The predicted molar refractivity (Wildman–Crippen MR) is 62.7 cm³/mol. The molecule has 0 bridgehead atoms. The van der Waals surface area contributed by atoms with Gasteiger partial charge in [0.2, 0.25) is 0 Å². The second-order valence-corrected chi connectivity index (χ2v) is 5.33. The van der Waals surface area contributed by atoms with E-state index in [1.165, 1.54) is 0 Å². The van der Waals surface area contributed by atoms with E-state index in [4.69, 9.17) is 5.11 Å². The number of hydrogen-bond acceptors (Lipinski definition) is 2. The number of likely N-dealkylation sites (tertiary alicyclic amines) is 1. The Morgan fingerprint density at radius 1 is 1.29 bits per heavy atom. The van der Waals surface area contributed by atoms with Crippen molar-refractivity contribution in [2.24, 2.45) is 11.8 Å². The molecule has 1 saturated heterocycles. The highest BCUT2D eigenvalue weighted by Gasteiger charge is 2.32. The van der Waals surface area contributed by atoms with Gasteiger partial charge in [-0.25, -0.2) is 4.79 Å². The van der Waals surface area contributed by atoms with Gasteiger partial charge in [0.15, 0.2) is 0 Å². The van der Waals surface area contributed by atoms with Crippen molar-refractivity contribution < 1.29 is 14.7 Å². The van der Waals surface area contributed by atoms with Crippen molar-refractivity contribution in [1.82, 2.24) is 10.2 Å². The van der Waals surface area contributed by atoms with E-state index in [0.717, 1.165) is 25.9 Å². The van der Waals surface area contributed by atoms with E-state index >= 15 is 0 Å². The lowest BCUT2D eigenvalue weighted by molar-refractivity contribution is -0.141. The summed E-state index contributed by atoms with van der Waals surface area (Å²) in [6.45, 7) is 3.78. The molecule has 1 aliphatic carbocycles. The maximum Gasteiger partial charge on any atom is 0.317 e. The van der Waals surface area contributed by atoms with Gasteiger partial charge in [-0.05, 0) is 31.6 Å². The van der Waals surface area contributed by atoms with Gasteiger partial charge in [0.1, 0.15) is 0 Å². The van der Waals surface area contributed by atoms with Gasteiger partial charge in [0.05, 0.1) is 5.92 Å². The summed E-state index contributed by atoms with van der Waals surface area (Å²) in [5.41, 5.74) is 0. The van der Waals surface area contributed by atoms with E-state index < -0.39 is 5.97 Å². The fourth-order valence-electron chi connectivity index (χ4n) is 2.72. The molecule has 0 aromatic carbocycles. The van der Waals surface area contributed by atoms with E-state index in [-0.39, 0.29) is 18.0 Å². The van der Waals surface area contributed by atoms with Crippen LogP contribution in [0.3, 0.4) is 0 Å². The molecular weight excluding hydrogens is 220 g/mol. The second-order valence-electron chi connectivity index (χ2n) is 5.33. The molecule has 0 radical (unpaired) electrons. The first-order valence-corrected chi connectivity index (χ1v) is 6.34. The zero-order chi connectivity index (χ0) is 12.4. The number of carboxylic acids is 1. The van der Waals surface area contributed by atoms with Crippen LogP contribution in [-0.2, 0) is 4.79 Å². The van der Waals surface area contributed by atoms with E-state index in [1.807, 2.05) is 4.90 Å². The van der Waals surface area contributed by atoms with Crippen LogP contribution in [-0.4, -0.2) is 41.1 Å². The molecule has 3 atom stereocenters. The van der Waals surface area contributed by atoms with Crippen molar-refractivity contribution in [3.05, 3.63) is 0 Å². The van der Waals surface area contributed by atoms with Gasteiger partial charge in [-0.15, -0.1) is 0 Å². The largest absolute Gasteiger partial charge is 0.481 e. The average molecular weight is 240 g/mol. The molecule has 0 spiro atoms. The van der Waals surface area contributed by atoms with Crippen LogP contribution in [0.4, 0.5) is 4.79 Å². The van der Waals surface area contributed by atoms with Crippen LogP contribution in [0.25, 0.3) is 0 Å². The van der Waals surface area contributed by atoms with Crippen molar-refractivity contribution in [3.8, 4) is 0 Å². The lowest BCUT2D eigenvalue weighted by Gasteiger charge is -2.20. The monoisotopic (exact) mass is 240 g/mol. The summed E-state index contributed by atoms with van der Waals surface area (Å²) in [6.07, 6.45) is 3.10. The number of nitrogens with zero attached hydrogens (tertiary/aromatic N) is 1. The van der Waals surface area contributed by atoms with Crippen LogP contribution in [0.2, 0.25) is 0 Å². The van der Waals surface area contributed by atoms with Gasteiger partial charge in [0, 0.05) is 19.1 Å².